The maximum Gasteiger partial charge on any atom is 0.224 e. The van der Waals surface area contributed by atoms with E-state index in [0.717, 1.165) is 6.54 Å². The Kier molecular flexibility index (Phi) is 4.27. The highest BCUT2D eigenvalue weighted by Crippen LogP contribution is 2.19. The van der Waals surface area contributed by atoms with Gasteiger partial charge in [-0.15, -0.1) is 11.6 Å². The third-order valence-electron chi connectivity index (χ3n) is 4.17. The summed E-state index contributed by atoms with van der Waals surface area (Å²) in [6.45, 7) is 4.86. The molecule has 2 aliphatic rings. The van der Waals surface area contributed by atoms with E-state index in [-0.39, 0.29) is 11.3 Å². The summed E-state index contributed by atoms with van der Waals surface area (Å²) in [4.78, 5) is 16.1. The lowest BCUT2D eigenvalue weighted by atomic mass is 10.1. The predicted molar refractivity (Wildman–Crippen MR) is 80.6 cm³/mol. The molecule has 0 saturated carbocycles. The minimum absolute atomic E-state index is 0.0167. The van der Waals surface area contributed by atoms with Crippen molar-refractivity contribution in [2.75, 3.05) is 19.6 Å². The van der Waals surface area contributed by atoms with Crippen LogP contribution in [0, 0.1) is 0 Å². The molecule has 4 heteroatoms. The lowest BCUT2D eigenvalue weighted by molar-refractivity contribution is -0.128. The molecule has 0 N–H and O–H groups in total. The number of nitrogens with zero attached hydrogens (tertiary/aromatic N) is 2. The second-order valence-electron chi connectivity index (χ2n) is 5.88. The van der Waals surface area contributed by atoms with Gasteiger partial charge < -0.3 is 4.90 Å². The highest BCUT2D eigenvalue weighted by atomic mass is 35.5. The number of hydrogen-bond acceptors (Lipinski definition) is 2. The second-order valence-corrected chi connectivity index (χ2v) is 6.49. The Bertz CT molecular complexity index is 468. The Balaban J connectivity index is 1.57. The lowest BCUT2D eigenvalue weighted by Gasteiger charge is -2.17. The first-order valence-electron chi connectivity index (χ1n) is 7.43. The van der Waals surface area contributed by atoms with Gasteiger partial charge in [-0.3, -0.25) is 9.69 Å². The molecule has 108 valence electrons. The molecule has 0 aromatic heterocycles. The van der Waals surface area contributed by atoms with Gasteiger partial charge in [-0.2, -0.15) is 0 Å². The zero-order valence-electron chi connectivity index (χ0n) is 11.7. The van der Waals surface area contributed by atoms with E-state index in [4.69, 9.17) is 11.6 Å². The van der Waals surface area contributed by atoms with Crippen LogP contribution in [0.15, 0.2) is 24.3 Å². The van der Waals surface area contributed by atoms with Crippen molar-refractivity contribution in [3.63, 3.8) is 0 Å². The van der Waals surface area contributed by atoms with Gasteiger partial charge >= 0.3 is 0 Å². The van der Waals surface area contributed by atoms with Crippen LogP contribution in [0.3, 0.4) is 0 Å². The van der Waals surface area contributed by atoms with E-state index in [0.29, 0.717) is 19.5 Å². The molecule has 2 heterocycles. The van der Waals surface area contributed by atoms with Gasteiger partial charge in [0.05, 0.1) is 5.38 Å². The van der Waals surface area contributed by atoms with Crippen LogP contribution in [0.1, 0.15) is 30.4 Å². The van der Waals surface area contributed by atoms with Crippen LogP contribution in [0.25, 0.3) is 0 Å². The Morgan fingerprint density at radius 3 is 2.20 bits per heavy atom. The van der Waals surface area contributed by atoms with Crippen molar-refractivity contribution in [1.29, 1.82) is 0 Å². The maximum absolute atomic E-state index is 11.7. The van der Waals surface area contributed by atoms with Gasteiger partial charge in [0.25, 0.3) is 0 Å². The van der Waals surface area contributed by atoms with Gasteiger partial charge in [0, 0.05) is 26.1 Å². The summed E-state index contributed by atoms with van der Waals surface area (Å²) in [5, 5.41) is -0.0167. The largest absolute Gasteiger partial charge is 0.337 e. The van der Waals surface area contributed by atoms with E-state index in [1.807, 2.05) is 4.90 Å². The van der Waals surface area contributed by atoms with E-state index in [9.17, 15) is 4.79 Å². The molecule has 0 spiro atoms. The molecular weight excluding hydrogens is 272 g/mol. The second kappa shape index (κ2) is 6.15. The molecule has 1 aromatic carbocycles. The standard InChI is InChI=1S/C16H21ClN2O/c17-15-9-16(20)19(12-15)11-14-5-3-13(4-6-14)10-18-7-1-2-8-18/h3-6,15H,1-2,7-12H2. The molecule has 3 nitrogen and oxygen atoms in total. The van der Waals surface area contributed by atoms with E-state index >= 15 is 0 Å². The van der Waals surface area contributed by atoms with Gasteiger partial charge in [0.15, 0.2) is 0 Å². The Morgan fingerprint density at radius 2 is 1.65 bits per heavy atom. The molecule has 2 fully saturated rings. The van der Waals surface area contributed by atoms with Crippen molar-refractivity contribution >= 4 is 17.5 Å². The van der Waals surface area contributed by atoms with Gasteiger partial charge in [-0.1, -0.05) is 24.3 Å². The van der Waals surface area contributed by atoms with Crippen LogP contribution in [0.5, 0.6) is 0 Å². The first-order chi connectivity index (χ1) is 9.70. The molecule has 1 unspecified atom stereocenters. The van der Waals surface area contributed by atoms with Crippen molar-refractivity contribution in [1.82, 2.24) is 9.80 Å². The van der Waals surface area contributed by atoms with Crippen molar-refractivity contribution in [2.24, 2.45) is 0 Å². The van der Waals surface area contributed by atoms with Crippen molar-refractivity contribution in [3.05, 3.63) is 35.4 Å². The average Bonchev–Trinajstić information content (AvgIpc) is 3.03. The summed E-state index contributed by atoms with van der Waals surface area (Å²) in [6, 6.07) is 8.65. The molecular formula is C16H21ClN2O. The summed E-state index contributed by atoms with van der Waals surface area (Å²) in [7, 11) is 0. The molecule has 20 heavy (non-hydrogen) atoms. The van der Waals surface area contributed by atoms with Crippen LogP contribution in [-0.2, 0) is 17.9 Å². The molecule has 1 atom stereocenters. The third kappa shape index (κ3) is 3.33. The average molecular weight is 293 g/mol. The lowest BCUT2D eigenvalue weighted by Crippen LogP contribution is -2.24. The summed E-state index contributed by atoms with van der Waals surface area (Å²) < 4.78 is 0. The van der Waals surface area contributed by atoms with E-state index in [2.05, 4.69) is 29.2 Å². The van der Waals surface area contributed by atoms with Crippen LogP contribution in [-0.4, -0.2) is 40.7 Å². The molecule has 2 aliphatic heterocycles. The SMILES string of the molecule is O=C1CC(Cl)CN1Cc1ccc(CN2CCCC2)cc1. The Morgan fingerprint density at radius 1 is 1.05 bits per heavy atom. The van der Waals surface area contributed by atoms with E-state index in [1.165, 1.54) is 37.1 Å². The Hall–Kier alpha value is -1.06. The molecule has 2 saturated heterocycles. The van der Waals surface area contributed by atoms with E-state index in [1.54, 1.807) is 0 Å². The molecule has 0 aliphatic carbocycles. The number of carbonyl (C=O) groups excluding carboxylic acids is 1. The fourth-order valence-corrected chi connectivity index (χ4v) is 3.34. The zero-order valence-corrected chi connectivity index (χ0v) is 12.5. The molecule has 1 amide bonds. The maximum atomic E-state index is 11.7. The minimum atomic E-state index is -0.0167. The quantitative estimate of drug-likeness (QED) is 0.797. The van der Waals surface area contributed by atoms with E-state index < -0.39 is 0 Å². The number of hydrogen-bond donors (Lipinski definition) is 0. The minimum Gasteiger partial charge on any atom is -0.337 e. The van der Waals surface area contributed by atoms with Crippen LogP contribution in [0.2, 0.25) is 0 Å². The first-order valence-corrected chi connectivity index (χ1v) is 7.86. The third-order valence-corrected chi connectivity index (χ3v) is 4.46. The fourth-order valence-electron chi connectivity index (χ4n) is 3.05. The highest BCUT2D eigenvalue weighted by molar-refractivity contribution is 6.22. The van der Waals surface area contributed by atoms with Crippen molar-refractivity contribution in [2.45, 2.75) is 37.7 Å². The number of rotatable bonds is 4. The summed E-state index contributed by atoms with van der Waals surface area (Å²) >= 11 is 6.02. The van der Waals surface area contributed by atoms with Crippen LogP contribution >= 0.6 is 11.6 Å². The summed E-state index contributed by atoms with van der Waals surface area (Å²) in [6.07, 6.45) is 3.14. The molecule has 3 rings (SSSR count). The van der Waals surface area contributed by atoms with Gasteiger partial charge in [0.2, 0.25) is 5.91 Å². The first kappa shape index (κ1) is 13.9. The summed E-state index contributed by atoms with van der Waals surface area (Å²) in [5.74, 6) is 0.172. The van der Waals surface area contributed by atoms with Crippen LogP contribution in [0.4, 0.5) is 0 Å². The highest BCUT2D eigenvalue weighted by Gasteiger charge is 2.27. The number of benzene rings is 1. The van der Waals surface area contributed by atoms with Gasteiger partial charge in [-0.25, -0.2) is 0 Å². The smallest absolute Gasteiger partial charge is 0.224 e. The fraction of sp³-hybridized carbons (Fsp3) is 0.562. The number of likely N-dealkylation sites (tertiary alicyclic amines) is 2. The number of amides is 1. The number of halogens is 1. The predicted octanol–water partition coefficient (Wildman–Crippen LogP) is 2.62. The number of alkyl halides is 1. The van der Waals surface area contributed by atoms with Crippen LogP contribution < -0.4 is 0 Å². The van der Waals surface area contributed by atoms with Crippen molar-refractivity contribution in [3.8, 4) is 0 Å². The topological polar surface area (TPSA) is 23.6 Å². The van der Waals surface area contributed by atoms with Gasteiger partial charge in [-0.05, 0) is 37.1 Å². The molecule has 0 bridgehead atoms. The molecule has 0 radical (unpaired) electrons. The van der Waals surface area contributed by atoms with Gasteiger partial charge in [0.1, 0.15) is 0 Å². The van der Waals surface area contributed by atoms with Crippen molar-refractivity contribution < 1.29 is 4.79 Å². The number of carbonyl (C=O) groups is 1. The normalized spacial score (nSPS) is 23.8. The Labute approximate surface area is 125 Å². The zero-order chi connectivity index (χ0) is 13.9. The monoisotopic (exact) mass is 292 g/mol. The molecule has 1 aromatic rings. The summed E-state index contributed by atoms with van der Waals surface area (Å²) in [5.41, 5.74) is 2.55.